The predicted molar refractivity (Wildman–Crippen MR) is 127 cm³/mol. The highest BCUT2D eigenvalue weighted by atomic mass is 79.9. The SMILES string of the molecule is COc1ccc(N2CCCN(C(=O)c3nnn(-c4ccc(Br)cc4)c3C3CC3)CC2)cc1. The molecule has 0 radical (unpaired) electrons. The van der Waals surface area contributed by atoms with Gasteiger partial charge in [-0.25, -0.2) is 4.68 Å². The number of hydrogen-bond donors (Lipinski definition) is 0. The minimum atomic E-state index is -0.00755. The summed E-state index contributed by atoms with van der Waals surface area (Å²) in [5.74, 6) is 1.20. The maximum Gasteiger partial charge on any atom is 0.276 e. The lowest BCUT2D eigenvalue weighted by atomic mass is 10.2. The Morgan fingerprint density at radius 2 is 1.69 bits per heavy atom. The molecule has 1 aliphatic carbocycles. The van der Waals surface area contributed by atoms with Crippen LogP contribution in [0.3, 0.4) is 0 Å². The number of amides is 1. The number of hydrogen-bond acceptors (Lipinski definition) is 5. The number of halogens is 1. The number of nitrogens with zero attached hydrogens (tertiary/aromatic N) is 5. The van der Waals surface area contributed by atoms with Gasteiger partial charge in [-0.15, -0.1) is 5.10 Å². The molecule has 1 aromatic heterocycles. The molecule has 1 saturated heterocycles. The van der Waals surface area contributed by atoms with E-state index in [2.05, 4.69) is 43.3 Å². The zero-order chi connectivity index (χ0) is 22.1. The van der Waals surface area contributed by atoms with Gasteiger partial charge in [0, 0.05) is 42.3 Å². The molecular formula is C24H26BrN5O2. The number of carbonyl (C=O) groups is 1. The smallest absolute Gasteiger partial charge is 0.276 e. The summed E-state index contributed by atoms with van der Waals surface area (Å²) in [6.07, 6.45) is 3.07. The molecule has 1 aliphatic heterocycles. The lowest BCUT2D eigenvalue weighted by Crippen LogP contribution is -2.36. The van der Waals surface area contributed by atoms with Crippen LogP contribution in [0.15, 0.2) is 53.0 Å². The second-order valence-corrected chi connectivity index (χ2v) is 9.23. The van der Waals surface area contributed by atoms with Crippen LogP contribution in [0.25, 0.3) is 5.69 Å². The van der Waals surface area contributed by atoms with E-state index in [0.717, 1.165) is 66.2 Å². The van der Waals surface area contributed by atoms with Crippen LogP contribution < -0.4 is 9.64 Å². The minimum Gasteiger partial charge on any atom is -0.497 e. The van der Waals surface area contributed by atoms with E-state index in [0.29, 0.717) is 18.2 Å². The van der Waals surface area contributed by atoms with Crippen LogP contribution >= 0.6 is 15.9 Å². The third-order valence-corrected chi connectivity index (χ3v) is 6.69. The first kappa shape index (κ1) is 21.0. The Hall–Kier alpha value is -2.87. The molecule has 0 bridgehead atoms. The van der Waals surface area contributed by atoms with E-state index in [1.54, 1.807) is 7.11 Å². The van der Waals surface area contributed by atoms with E-state index in [1.807, 2.05) is 46.0 Å². The molecule has 32 heavy (non-hydrogen) atoms. The molecule has 0 N–H and O–H groups in total. The van der Waals surface area contributed by atoms with Gasteiger partial charge in [-0.1, -0.05) is 21.1 Å². The molecule has 2 aliphatic rings. The Morgan fingerprint density at radius 1 is 0.969 bits per heavy atom. The van der Waals surface area contributed by atoms with Gasteiger partial charge in [0.2, 0.25) is 0 Å². The Balaban J connectivity index is 1.34. The quantitative estimate of drug-likeness (QED) is 0.528. The Kier molecular flexibility index (Phi) is 5.87. The van der Waals surface area contributed by atoms with Gasteiger partial charge in [-0.3, -0.25) is 4.79 Å². The van der Waals surface area contributed by atoms with Crippen LogP contribution in [-0.4, -0.2) is 59.1 Å². The molecule has 2 heterocycles. The number of methoxy groups -OCH3 is 1. The van der Waals surface area contributed by atoms with Crippen LogP contribution in [0.4, 0.5) is 5.69 Å². The monoisotopic (exact) mass is 495 g/mol. The van der Waals surface area contributed by atoms with Gasteiger partial charge in [0.05, 0.1) is 18.5 Å². The van der Waals surface area contributed by atoms with Gasteiger partial charge >= 0.3 is 0 Å². The molecule has 2 aromatic carbocycles. The van der Waals surface area contributed by atoms with Crippen molar-refractivity contribution in [2.45, 2.75) is 25.2 Å². The average molecular weight is 496 g/mol. The van der Waals surface area contributed by atoms with Crippen molar-refractivity contribution < 1.29 is 9.53 Å². The van der Waals surface area contributed by atoms with Crippen molar-refractivity contribution in [2.24, 2.45) is 0 Å². The second kappa shape index (κ2) is 8.94. The molecule has 7 nitrogen and oxygen atoms in total. The van der Waals surface area contributed by atoms with Gasteiger partial charge < -0.3 is 14.5 Å². The van der Waals surface area contributed by atoms with Crippen LogP contribution in [0.2, 0.25) is 0 Å². The van der Waals surface area contributed by atoms with Gasteiger partial charge in [0.15, 0.2) is 5.69 Å². The van der Waals surface area contributed by atoms with Crippen molar-refractivity contribution in [3.8, 4) is 11.4 Å². The summed E-state index contributed by atoms with van der Waals surface area (Å²) in [6, 6.07) is 16.1. The lowest BCUT2D eigenvalue weighted by Gasteiger charge is -2.23. The highest BCUT2D eigenvalue weighted by Gasteiger charge is 2.36. The maximum absolute atomic E-state index is 13.5. The normalized spacial score (nSPS) is 16.7. The second-order valence-electron chi connectivity index (χ2n) is 8.32. The molecule has 1 amide bonds. The molecule has 3 aromatic rings. The molecule has 8 heteroatoms. The van der Waals surface area contributed by atoms with E-state index in [-0.39, 0.29) is 5.91 Å². The first-order valence-electron chi connectivity index (χ1n) is 11.0. The molecule has 166 valence electrons. The van der Waals surface area contributed by atoms with E-state index in [4.69, 9.17) is 4.74 Å². The molecule has 0 atom stereocenters. The molecule has 0 spiro atoms. The summed E-state index contributed by atoms with van der Waals surface area (Å²) >= 11 is 3.48. The first-order chi connectivity index (χ1) is 15.6. The van der Waals surface area contributed by atoms with Crippen molar-refractivity contribution in [1.29, 1.82) is 0 Å². The third-order valence-electron chi connectivity index (χ3n) is 6.16. The average Bonchev–Trinajstić information content (AvgIpc) is 3.62. The number of anilines is 1. The minimum absolute atomic E-state index is 0.00755. The topological polar surface area (TPSA) is 63.5 Å². The highest BCUT2D eigenvalue weighted by Crippen LogP contribution is 2.42. The van der Waals surface area contributed by atoms with Crippen molar-refractivity contribution in [3.63, 3.8) is 0 Å². The molecular weight excluding hydrogens is 470 g/mol. The first-order valence-corrected chi connectivity index (χ1v) is 11.8. The third kappa shape index (κ3) is 4.24. The summed E-state index contributed by atoms with van der Waals surface area (Å²) in [4.78, 5) is 17.8. The standard InChI is InChI=1S/C24H26BrN5O2/c1-32-21-11-9-19(10-12-21)28-13-2-14-29(16-15-28)24(31)22-23(17-3-4-17)30(27-26-22)20-7-5-18(25)6-8-20/h5-12,17H,2-4,13-16H2,1H3. The van der Waals surface area contributed by atoms with Gasteiger partial charge in [-0.05, 0) is 67.8 Å². The van der Waals surface area contributed by atoms with Gasteiger partial charge in [0.25, 0.3) is 5.91 Å². The lowest BCUT2D eigenvalue weighted by molar-refractivity contribution is 0.0760. The van der Waals surface area contributed by atoms with Crippen LogP contribution in [0.5, 0.6) is 5.75 Å². The zero-order valence-corrected chi connectivity index (χ0v) is 19.7. The predicted octanol–water partition coefficient (Wildman–Crippen LogP) is 4.27. The summed E-state index contributed by atoms with van der Waals surface area (Å²) in [7, 11) is 1.67. The number of benzene rings is 2. The molecule has 2 fully saturated rings. The number of ether oxygens (including phenoxy) is 1. The highest BCUT2D eigenvalue weighted by molar-refractivity contribution is 9.10. The Bertz CT molecular complexity index is 1090. The van der Waals surface area contributed by atoms with E-state index >= 15 is 0 Å². The van der Waals surface area contributed by atoms with Crippen molar-refractivity contribution in [3.05, 3.63) is 64.4 Å². The van der Waals surface area contributed by atoms with Crippen LogP contribution in [0.1, 0.15) is 41.4 Å². The van der Waals surface area contributed by atoms with E-state index in [1.165, 1.54) is 0 Å². The molecule has 0 unspecified atom stereocenters. The van der Waals surface area contributed by atoms with Crippen molar-refractivity contribution in [2.75, 3.05) is 38.2 Å². The number of rotatable bonds is 5. The van der Waals surface area contributed by atoms with Crippen LogP contribution in [0, 0.1) is 0 Å². The summed E-state index contributed by atoms with van der Waals surface area (Å²) in [6.45, 7) is 3.09. The maximum atomic E-state index is 13.5. The van der Waals surface area contributed by atoms with Gasteiger partial charge in [-0.2, -0.15) is 0 Å². The van der Waals surface area contributed by atoms with Crippen LogP contribution in [-0.2, 0) is 0 Å². The fourth-order valence-corrected chi connectivity index (χ4v) is 4.52. The van der Waals surface area contributed by atoms with Crippen molar-refractivity contribution in [1.82, 2.24) is 19.9 Å². The van der Waals surface area contributed by atoms with Gasteiger partial charge in [0.1, 0.15) is 5.75 Å². The fraction of sp³-hybridized carbons (Fsp3) is 0.375. The fourth-order valence-electron chi connectivity index (χ4n) is 4.26. The number of aromatic nitrogens is 3. The van der Waals surface area contributed by atoms with E-state index < -0.39 is 0 Å². The molecule has 1 saturated carbocycles. The van der Waals surface area contributed by atoms with E-state index in [9.17, 15) is 4.79 Å². The Morgan fingerprint density at radius 3 is 2.38 bits per heavy atom. The zero-order valence-electron chi connectivity index (χ0n) is 18.1. The van der Waals surface area contributed by atoms with Crippen molar-refractivity contribution >= 4 is 27.5 Å². The number of carbonyl (C=O) groups excluding carboxylic acids is 1. The largest absolute Gasteiger partial charge is 0.497 e. The summed E-state index contributed by atoms with van der Waals surface area (Å²) in [5, 5.41) is 8.74. The molecule has 5 rings (SSSR count). The summed E-state index contributed by atoms with van der Waals surface area (Å²) < 4.78 is 8.12. The Labute approximate surface area is 196 Å². The summed E-state index contributed by atoms with van der Waals surface area (Å²) in [5.41, 5.74) is 3.55.